The molecule has 5 rings (SSSR count). The van der Waals surface area contributed by atoms with Crippen LogP contribution in [-0.2, 0) is 12.7 Å². The summed E-state index contributed by atoms with van der Waals surface area (Å²) in [5.74, 6) is -3.26. The number of nitrogens with one attached hydrogen (secondary N) is 2. The average Bonchev–Trinajstić information content (AvgIpc) is 3.51. The zero-order valence-electron chi connectivity index (χ0n) is 19.3. The van der Waals surface area contributed by atoms with E-state index in [0.717, 1.165) is 4.57 Å². The van der Waals surface area contributed by atoms with Crippen molar-refractivity contribution in [2.45, 2.75) is 12.7 Å². The lowest BCUT2D eigenvalue weighted by Crippen LogP contribution is -2.36. The zero-order valence-corrected chi connectivity index (χ0v) is 19.3. The highest BCUT2D eigenvalue weighted by atomic mass is 19.4. The maximum atomic E-state index is 13.5. The summed E-state index contributed by atoms with van der Waals surface area (Å²) in [6, 6.07) is 14.2. The van der Waals surface area contributed by atoms with Crippen molar-refractivity contribution >= 4 is 33.8 Å². The molecule has 5 aromatic rings. The number of amides is 2. The van der Waals surface area contributed by atoms with Gasteiger partial charge in [-0.2, -0.15) is 18.2 Å². The Morgan fingerprint density at radius 2 is 1.66 bits per heavy atom. The lowest BCUT2D eigenvalue weighted by atomic mass is 10.2. The van der Waals surface area contributed by atoms with Gasteiger partial charge in [0.05, 0.1) is 17.6 Å². The van der Waals surface area contributed by atoms with E-state index in [1.165, 1.54) is 18.2 Å². The minimum atomic E-state index is -4.72. The second-order valence-electron chi connectivity index (χ2n) is 8.02. The van der Waals surface area contributed by atoms with Crippen LogP contribution in [0.5, 0.6) is 0 Å². The van der Waals surface area contributed by atoms with Gasteiger partial charge in [-0.25, -0.2) is 9.78 Å². The Hall–Kier alpha value is -5.01. The number of carbonyl (C=O) groups is 2. The fourth-order valence-electron chi connectivity index (χ4n) is 3.75. The molecule has 0 fully saturated rings. The molecule has 0 aliphatic carbocycles. The minimum absolute atomic E-state index is 0.0478. The van der Waals surface area contributed by atoms with Crippen LogP contribution in [0.3, 0.4) is 0 Å². The molecular weight excluding hydrogens is 509 g/mol. The fraction of sp³-hybridized carbons (Fsp3) is 0.167. The Labute approximate surface area is 210 Å². The quantitative estimate of drug-likeness (QED) is 0.243. The van der Waals surface area contributed by atoms with Crippen LogP contribution in [-0.4, -0.2) is 44.6 Å². The van der Waals surface area contributed by atoms with Crippen LogP contribution >= 0.6 is 0 Å². The second-order valence-corrected chi connectivity index (χ2v) is 8.02. The molecule has 2 amide bonds. The molecule has 2 aromatic carbocycles. The average molecular weight is 526 g/mol. The summed E-state index contributed by atoms with van der Waals surface area (Å²) in [7, 11) is 0. The van der Waals surface area contributed by atoms with E-state index in [-0.39, 0.29) is 35.5 Å². The van der Waals surface area contributed by atoms with Gasteiger partial charge < -0.3 is 24.1 Å². The highest BCUT2D eigenvalue weighted by Gasteiger charge is 2.38. The van der Waals surface area contributed by atoms with Gasteiger partial charge in [0, 0.05) is 18.5 Å². The number of rotatable bonds is 7. The third-order valence-electron chi connectivity index (χ3n) is 5.45. The van der Waals surface area contributed by atoms with Crippen LogP contribution in [0.2, 0.25) is 0 Å². The molecule has 0 aliphatic heterocycles. The van der Waals surface area contributed by atoms with Crippen molar-refractivity contribution in [3.63, 3.8) is 0 Å². The molecule has 0 aliphatic rings. The molecule has 0 saturated carbocycles. The van der Waals surface area contributed by atoms with Gasteiger partial charge in [-0.15, -0.1) is 0 Å². The number of benzene rings is 2. The summed E-state index contributed by atoms with van der Waals surface area (Å²) < 4.78 is 51.4. The van der Waals surface area contributed by atoms with Crippen LogP contribution < -0.4 is 16.3 Å². The molecule has 38 heavy (non-hydrogen) atoms. The first kappa shape index (κ1) is 24.7. The summed E-state index contributed by atoms with van der Waals surface area (Å²) in [5, 5.41) is 9.09. The summed E-state index contributed by atoms with van der Waals surface area (Å²) in [6.07, 6.45) is -4.72. The van der Waals surface area contributed by atoms with Gasteiger partial charge in [0.25, 0.3) is 5.91 Å². The third kappa shape index (κ3) is 4.96. The normalized spacial score (nSPS) is 11.7. The molecule has 3 heterocycles. The first-order chi connectivity index (χ1) is 18.2. The van der Waals surface area contributed by atoms with Crippen molar-refractivity contribution in [2.75, 3.05) is 13.1 Å². The number of halogens is 3. The Morgan fingerprint density at radius 1 is 0.947 bits per heavy atom. The molecule has 2 N–H and O–H groups in total. The number of alkyl halides is 3. The summed E-state index contributed by atoms with van der Waals surface area (Å²) in [6.45, 7) is -0.546. The van der Waals surface area contributed by atoms with Crippen molar-refractivity contribution in [3.05, 3.63) is 88.1 Å². The van der Waals surface area contributed by atoms with E-state index in [2.05, 4.69) is 25.8 Å². The van der Waals surface area contributed by atoms with Crippen LogP contribution in [0.4, 0.5) is 13.2 Å². The summed E-state index contributed by atoms with van der Waals surface area (Å²) in [4.78, 5) is 44.3. The van der Waals surface area contributed by atoms with E-state index in [0.29, 0.717) is 11.0 Å². The number of hydrogen-bond acceptors (Lipinski definition) is 8. The predicted molar refractivity (Wildman–Crippen MR) is 125 cm³/mol. The number of para-hydroxylation sites is 3. The van der Waals surface area contributed by atoms with Gasteiger partial charge in [-0.05, 0) is 24.3 Å². The maximum Gasteiger partial charge on any atom is 0.449 e. The van der Waals surface area contributed by atoms with Crippen molar-refractivity contribution in [1.82, 2.24) is 30.3 Å². The van der Waals surface area contributed by atoms with Crippen molar-refractivity contribution in [2.24, 2.45) is 0 Å². The van der Waals surface area contributed by atoms with Gasteiger partial charge in [-0.3, -0.25) is 9.59 Å². The highest BCUT2D eigenvalue weighted by Crippen LogP contribution is 2.31. The standard InChI is InChI=1S/C24H17F3N6O5/c25-24(26,27)23-30-15-6-2-3-7-16(15)33(23)12-18-31-21(38-32-18)20(35)29-10-9-28-19(34)14-11-13-5-1-4-8-17(13)37-22(14)36/h1-8,11H,9-10,12H2,(H,28,34)(H,29,35). The Balaban J connectivity index is 1.19. The van der Waals surface area contributed by atoms with Gasteiger partial charge in [0.1, 0.15) is 11.1 Å². The van der Waals surface area contributed by atoms with E-state index in [1.54, 1.807) is 36.4 Å². The molecule has 0 spiro atoms. The molecule has 3 aromatic heterocycles. The molecule has 0 unspecified atom stereocenters. The van der Waals surface area contributed by atoms with Gasteiger partial charge >= 0.3 is 23.6 Å². The first-order valence-corrected chi connectivity index (χ1v) is 11.1. The monoisotopic (exact) mass is 526 g/mol. The lowest BCUT2D eigenvalue weighted by molar-refractivity contribution is -0.146. The summed E-state index contributed by atoms with van der Waals surface area (Å²) >= 11 is 0. The molecule has 194 valence electrons. The van der Waals surface area contributed by atoms with Crippen LogP contribution in [0.1, 0.15) is 32.7 Å². The number of hydrogen-bond donors (Lipinski definition) is 2. The second kappa shape index (κ2) is 9.80. The van der Waals surface area contributed by atoms with E-state index >= 15 is 0 Å². The third-order valence-corrected chi connectivity index (χ3v) is 5.45. The van der Waals surface area contributed by atoms with Crippen LogP contribution in [0, 0.1) is 0 Å². The lowest BCUT2D eigenvalue weighted by Gasteiger charge is -2.09. The maximum absolute atomic E-state index is 13.5. The van der Waals surface area contributed by atoms with E-state index in [1.807, 2.05) is 0 Å². The van der Waals surface area contributed by atoms with Crippen LogP contribution in [0.15, 0.2) is 68.3 Å². The molecule has 11 nitrogen and oxygen atoms in total. The largest absolute Gasteiger partial charge is 0.449 e. The van der Waals surface area contributed by atoms with Gasteiger partial charge in [-0.1, -0.05) is 35.5 Å². The first-order valence-electron chi connectivity index (χ1n) is 11.1. The van der Waals surface area contributed by atoms with E-state index < -0.39 is 41.9 Å². The van der Waals surface area contributed by atoms with Crippen molar-refractivity contribution < 1.29 is 31.7 Å². The predicted octanol–water partition coefficient (Wildman–Crippen LogP) is 2.75. The number of aromatic nitrogens is 4. The molecule has 0 bridgehead atoms. The SMILES string of the molecule is O=C(NCCNC(=O)c1cc2ccccc2oc1=O)c1nc(Cn2c(C(F)(F)F)nc3ccccc32)no1. The van der Waals surface area contributed by atoms with Crippen molar-refractivity contribution in [1.29, 1.82) is 0 Å². The number of imidazole rings is 1. The van der Waals surface area contributed by atoms with Crippen LogP contribution in [0.25, 0.3) is 22.0 Å². The molecule has 0 saturated heterocycles. The van der Waals surface area contributed by atoms with E-state index in [9.17, 15) is 27.6 Å². The number of nitrogens with zero attached hydrogens (tertiary/aromatic N) is 4. The highest BCUT2D eigenvalue weighted by molar-refractivity contribution is 5.96. The molecule has 0 radical (unpaired) electrons. The minimum Gasteiger partial charge on any atom is -0.422 e. The number of fused-ring (bicyclic) bond motifs is 2. The molecule has 14 heteroatoms. The topological polar surface area (TPSA) is 145 Å². The molecular formula is C24H17F3N6O5. The Morgan fingerprint density at radius 3 is 2.45 bits per heavy atom. The molecule has 0 atom stereocenters. The van der Waals surface area contributed by atoms with Gasteiger partial charge in [0.15, 0.2) is 5.82 Å². The summed E-state index contributed by atoms with van der Waals surface area (Å²) in [5.41, 5.74) is -0.294. The Kier molecular flexibility index (Phi) is 6.36. The number of carbonyl (C=O) groups excluding carboxylic acids is 2. The smallest absolute Gasteiger partial charge is 0.422 e. The fourth-order valence-corrected chi connectivity index (χ4v) is 3.75. The van der Waals surface area contributed by atoms with Gasteiger partial charge in [0.2, 0.25) is 5.82 Å². The Bertz CT molecular complexity index is 1720. The van der Waals surface area contributed by atoms with Crippen molar-refractivity contribution in [3.8, 4) is 0 Å². The zero-order chi connectivity index (χ0) is 26.9. The van der Waals surface area contributed by atoms with E-state index in [4.69, 9.17) is 8.94 Å².